The van der Waals surface area contributed by atoms with Crippen molar-refractivity contribution in [1.29, 1.82) is 0 Å². The molecule has 1 atom stereocenters. The quantitative estimate of drug-likeness (QED) is 0.601. The summed E-state index contributed by atoms with van der Waals surface area (Å²) < 4.78 is 24.9. The molecule has 0 saturated carbocycles. The number of ether oxygens (including phenoxy) is 2. The summed E-state index contributed by atoms with van der Waals surface area (Å²) in [4.78, 5) is 31.0. The van der Waals surface area contributed by atoms with Crippen molar-refractivity contribution < 1.29 is 23.5 Å². The fourth-order valence-corrected chi connectivity index (χ4v) is 4.34. The van der Waals surface area contributed by atoms with Gasteiger partial charge < -0.3 is 19.7 Å². The van der Waals surface area contributed by atoms with Crippen LogP contribution in [0.4, 0.5) is 15.2 Å². The first-order chi connectivity index (χ1) is 15.4. The van der Waals surface area contributed by atoms with Gasteiger partial charge in [-0.05, 0) is 42.8 Å². The standard InChI is InChI=1S/C23H22FN3O4S/c1-13-4-6-18(16(24)8-13)27-11-15(10-21(27)28)22(29)26-23-25-17(12-32-23)14-5-7-19(30-2)20(9-14)31-3/h4-9,12,15H,10-11H2,1-3H3,(H,25,26,29). The molecule has 2 aromatic carbocycles. The van der Waals surface area contributed by atoms with E-state index in [-0.39, 0.29) is 30.5 Å². The summed E-state index contributed by atoms with van der Waals surface area (Å²) in [5.74, 6) is -0.466. The van der Waals surface area contributed by atoms with Gasteiger partial charge in [-0.2, -0.15) is 0 Å². The lowest BCUT2D eigenvalue weighted by atomic mass is 10.1. The van der Waals surface area contributed by atoms with Crippen molar-refractivity contribution in [3.63, 3.8) is 0 Å². The second-order valence-electron chi connectivity index (χ2n) is 7.46. The molecule has 0 bridgehead atoms. The van der Waals surface area contributed by atoms with Crippen LogP contribution in [0.3, 0.4) is 0 Å². The Morgan fingerprint density at radius 1 is 1.19 bits per heavy atom. The molecule has 1 unspecified atom stereocenters. The van der Waals surface area contributed by atoms with E-state index in [1.54, 1.807) is 39.3 Å². The third-order valence-corrected chi connectivity index (χ3v) is 6.06. The highest BCUT2D eigenvalue weighted by atomic mass is 32.1. The summed E-state index contributed by atoms with van der Waals surface area (Å²) in [5, 5.41) is 5.03. The van der Waals surface area contributed by atoms with Gasteiger partial charge >= 0.3 is 0 Å². The molecule has 1 aromatic heterocycles. The molecule has 0 radical (unpaired) electrons. The minimum Gasteiger partial charge on any atom is -0.493 e. The molecule has 1 aliphatic heterocycles. The second kappa shape index (κ2) is 8.96. The Morgan fingerprint density at radius 2 is 1.97 bits per heavy atom. The van der Waals surface area contributed by atoms with Crippen LogP contribution in [0.2, 0.25) is 0 Å². The van der Waals surface area contributed by atoms with E-state index < -0.39 is 11.7 Å². The van der Waals surface area contributed by atoms with Gasteiger partial charge in [0, 0.05) is 23.9 Å². The number of halogens is 1. The number of nitrogens with zero attached hydrogens (tertiary/aromatic N) is 2. The van der Waals surface area contributed by atoms with Crippen LogP contribution < -0.4 is 19.7 Å². The van der Waals surface area contributed by atoms with Crippen LogP contribution in [0.15, 0.2) is 41.8 Å². The Hall–Kier alpha value is -3.46. The van der Waals surface area contributed by atoms with Gasteiger partial charge in [0.25, 0.3) is 0 Å². The second-order valence-corrected chi connectivity index (χ2v) is 8.32. The van der Waals surface area contributed by atoms with E-state index in [4.69, 9.17) is 9.47 Å². The number of hydrogen-bond donors (Lipinski definition) is 1. The number of aromatic nitrogens is 1. The summed E-state index contributed by atoms with van der Waals surface area (Å²) in [5.41, 5.74) is 2.45. The number of methoxy groups -OCH3 is 2. The Labute approximate surface area is 188 Å². The number of benzene rings is 2. The Balaban J connectivity index is 1.45. The van der Waals surface area contributed by atoms with Gasteiger partial charge in [-0.25, -0.2) is 9.37 Å². The molecule has 1 saturated heterocycles. The highest BCUT2D eigenvalue weighted by molar-refractivity contribution is 7.14. The zero-order chi connectivity index (χ0) is 22.8. The van der Waals surface area contributed by atoms with Crippen LogP contribution in [-0.4, -0.2) is 37.6 Å². The maximum atomic E-state index is 14.3. The smallest absolute Gasteiger partial charge is 0.231 e. The van der Waals surface area contributed by atoms with E-state index in [9.17, 15) is 14.0 Å². The van der Waals surface area contributed by atoms with Gasteiger partial charge in [-0.1, -0.05) is 6.07 Å². The first kappa shape index (κ1) is 21.8. The van der Waals surface area contributed by atoms with E-state index >= 15 is 0 Å². The number of aryl methyl sites for hydroxylation is 1. The van der Waals surface area contributed by atoms with Gasteiger partial charge in [0.2, 0.25) is 11.8 Å². The lowest BCUT2D eigenvalue weighted by Crippen LogP contribution is -2.28. The molecule has 2 heterocycles. The molecule has 32 heavy (non-hydrogen) atoms. The lowest BCUT2D eigenvalue weighted by molar-refractivity contribution is -0.122. The Bertz CT molecular complexity index is 1180. The average molecular weight is 456 g/mol. The summed E-state index contributed by atoms with van der Waals surface area (Å²) in [7, 11) is 3.12. The van der Waals surface area contributed by atoms with Crippen LogP contribution in [0, 0.1) is 18.7 Å². The first-order valence-electron chi connectivity index (χ1n) is 9.95. The Kier molecular flexibility index (Phi) is 6.09. The lowest BCUT2D eigenvalue weighted by Gasteiger charge is -2.17. The predicted molar refractivity (Wildman–Crippen MR) is 121 cm³/mol. The van der Waals surface area contributed by atoms with Crippen molar-refractivity contribution in [2.24, 2.45) is 5.92 Å². The van der Waals surface area contributed by atoms with E-state index in [0.717, 1.165) is 11.1 Å². The van der Waals surface area contributed by atoms with Crippen molar-refractivity contribution in [2.75, 3.05) is 31.0 Å². The molecule has 1 fully saturated rings. The highest BCUT2D eigenvalue weighted by Gasteiger charge is 2.36. The molecule has 1 aliphatic rings. The van der Waals surface area contributed by atoms with E-state index in [2.05, 4.69) is 10.3 Å². The summed E-state index contributed by atoms with van der Waals surface area (Å²) in [6.45, 7) is 1.90. The van der Waals surface area contributed by atoms with Crippen molar-refractivity contribution in [3.05, 3.63) is 53.2 Å². The number of nitrogens with one attached hydrogen (secondary N) is 1. The fourth-order valence-electron chi connectivity index (χ4n) is 3.61. The molecule has 1 N–H and O–H groups in total. The third kappa shape index (κ3) is 4.29. The normalized spacial score (nSPS) is 15.7. The average Bonchev–Trinajstić information content (AvgIpc) is 3.40. The molecule has 4 rings (SSSR count). The van der Waals surface area contributed by atoms with Crippen molar-refractivity contribution >= 4 is 34.0 Å². The van der Waals surface area contributed by atoms with Gasteiger partial charge in [-0.3, -0.25) is 9.59 Å². The zero-order valence-corrected chi connectivity index (χ0v) is 18.7. The van der Waals surface area contributed by atoms with Gasteiger partial charge in [-0.15, -0.1) is 11.3 Å². The minimum absolute atomic E-state index is 0.0209. The number of thiazole rings is 1. The van der Waals surface area contributed by atoms with Crippen LogP contribution in [0.5, 0.6) is 11.5 Å². The zero-order valence-electron chi connectivity index (χ0n) is 17.8. The number of hydrogen-bond acceptors (Lipinski definition) is 6. The minimum atomic E-state index is -0.586. The Morgan fingerprint density at radius 3 is 2.69 bits per heavy atom. The van der Waals surface area contributed by atoms with Crippen LogP contribution in [-0.2, 0) is 9.59 Å². The molecule has 0 aliphatic carbocycles. The van der Waals surface area contributed by atoms with Crippen LogP contribution in [0.1, 0.15) is 12.0 Å². The SMILES string of the molecule is COc1ccc(-c2csc(NC(=O)C3CC(=O)N(c4ccc(C)cc4F)C3)n2)cc1OC. The third-order valence-electron chi connectivity index (χ3n) is 5.30. The topological polar surface area (TPSA) is 80.8 Å². The number of anilines is 2. The summed E-state index contributed by atoms with van der Waals surface area (Å²) in [6, 6.07) is 10.1. The predicted octanol–water partition coefficient (Wildman–Crippen LogP) is 4.27. The van der Waals surface area contributed by atoms with Crippen LogP contribution >= 0.6 is 11.3 Å². The molecule has 166 valence electrons. The number of amides is 2. The van der Waals surface area contributed by atoms with Crippen LogP contribution in [0.25, 0.3) is 11.3 Å². The molecule has 2 amide bonds. The molecule has 3 aromatic rings. The summed E-state index contributed by atoms with van der Waals surface area (Å²) >= 11 is 1.28. The highest BCUT2D eigenvalue weighted by Crippen LogP contribution is 2.34. The van der Waals surface area contributed by atoms with Crippen molar-refractivity contribution in [3.8, 4) is 22.8 Å². The van der Waals surface area contributed by atoms with E-state index in [0.29, 0.717) is 22.3 Å². The number of carbonyl (C=O) groups is 2. The van der Waals surface area contributed by atoms with E-state index in [1.165, 1.54) is 22.3 Å². The molecule has 0 spiro atoms. The maximum Gasteiger partial charge on any atom is 0.231 e. The maximum absolute atomic E-state index is 14.3. The summed E-state index contributed by atoms with van der Waals surface area (Å²) in [6.07, 6.45) is 0.0209. The number of carbonyl (C=O) groups excluding carboxylic acids is 2. The molecular weight excluding hydrogens is 433 g/mol. The largest absolute Gasteiger partial charge is 0.493 e. The van der Waals surface area contributed by atoms with Crippen molar-refractivity contribution in [2.45, 2.75) is 13.3 Å². The molecular formula is C23H22FN3O4S. The van der Waals surface area contributed by atoms with Gasteiger partial charge in [0.15, 0.2) is 16.6 Å². The molecule has 9 heteroatoms. The number of rotatable bonds is 6. The van der Waals surface area contributed by atoms with E-state index in [1.807, 2.05) is 17.5 Å². The first-order valence-corrected chi connectivity index (χ1v) is 10.8. The van der Waals surface area contributed by atoms with Gasteiger partial charge in [0.05, 0.1) is 31.5 Å². The van der Waals surface area contributed by atoms with Gasteiger partial charge in [0.1, 0.15) is 5.82 Å². The monoisotopic (exact) mass is 455 g/mol. The molecule has 7 nitrogen and oxygen atoms in total. The van der Waals surface area contributed by atoms with Crippen molar-refractivity contribution in [1.82, 2.24) is 4.98 Å². The fraction of sp³-hybridized carbons (Fsp3) is 0.261.